The first-order chi connectivity index (χ1) is 8.49. The highest BCUT2D eigenvalue weighted by molar-refractivity contribution is 7.89. The van der Waals surface area contributed by atoms with Gasteiger partial charge in [0.25, 0.3) is 0 Å². The van der Waals surface area contributed by atoms with Gasteiger partial charge < -0.3 is 0 Å². The second kappa shape index (κ2) is 5.05. The van der Waals surface area contributed by atoms with Crippen LogP contribution in [-0.2, 0) is 16.6 Å². The SMILES string of the molecule is O=S(=O)(NCc1cn[nH]c1)c1cc(F)ccc1Cl. The average Bonchev–Trinajstić information content (AvgIpc) is 2.83. The van der Waals surface area contributed by atoms with E-state index in [-0.39, 0.29) is 16.5 Å². The van der Waals surface area contributed by atoms with Gasteiger partial charge in [0.15, 0.2) is 0 Å². The van der Waals surface area contributed by atoms with Crippen molar-refractivity contribution in [2.75, 3.05) is 0 Å². The Labute approximate surface area is 108 Å². The van der Waals surface area contributed by atoms with Gasteiger partial charge in [-0.2, -0.15) is 5.10 Å². The van der Waals surface area contributed by atoms with Crippen molar-refractivity contribution in [3.8, 4) is 0 Å². The minimum absolute atomic E-state index is 0.0314. The van der Waals surface area contributed by atoms with Gasteiger partial charge >= 0.3 is 0 Å². The Morgan fingerprint density at radius 1 is 1.44 bits per heavy atom. The van der Waals surface area contributed by atoms with Crippen LogP contribution in [0.1, 0.15) is 5.56 Å². The van der Waals surface area contributed by atoms with Crippen molar-refractivity contribution >= 4 is 21.6 Å². The Morgan fingerprint density at radius 2 is 2.22 bits per heavy atom. The molecule has 1 aromatic heterocycles. The molecule has 0 saturated carbocycles. The van der Waals surface area contributed by atoms with E-state index in [1.54, 1.807) is 6.20 Å². The lowest BCUT2D eigenvalue weighted by atomic mass is 10.3. The third-order valence-corrected chi connectivity index (χ3v) is 4.09. The molecule has 0 amide bonds. The smallest absolute Gasteiger partial charge is 0.242 e. The molecule has 2 rings (SSSR count). The van der Waals surface area contributed by atoms with Crippen molar-refractivity contribution in [2.45, 2.75) is 11.4 Å². The lowest BCUT2D eigenvalue weighted by Crippen LogP contribution is -2.23. The maximum absolute atomic E-state index is 13.0. The zero-order chi connectivity index (χ0) is 13.2. The number of H-pyrrole nitrogens is 1. The summed E-state index contributed by atoms with van der Waals surface area (Å²) in [7, 11) is -3.85. The van der Waals surface area contributed by atoms with Gasteiger partial charge in [-0.15, -0.1) is 0 Å². The molecule has 0 atom stereocenters. The van der Waals surface area contributed by atoms with Gasteiger partial charge in [-0.3, -0.25) is 5.10 Å². The van der Waals surface area contributed by atoms with Crippen LogP contribution in [0.15, 0.2) is 35.5 Å². The molecular weight excluding hydrogens is 281 g/mol. The predicted molar refractivity (Wildman–Crippen MR) is 64.0 cm³/mol. The Balaban J connectivity index is 2.22. The lowest BCUT2D eigenvalue weighted by molar-refractivity contribution is 0.577. The fourth-order valence-electron chi connectivity index (χ4n) is 1.31. The maximum atomic E-state index is 13.0. The number of nitrogens with one attached hydrogen (secondary N) is 2. The fraction of sp³-hybridized carbons (Fsp3) is 0.100. The molecule has 0 aliphatic rings. The lowest BCUT2D eigenvalue weighted by Gasteiger charge is -2.07. The summed E-state index contributed by atoms with van der Waals surface area (Å²) in [6, 6.07) is 3.17. The molecule has 2 aromatic rings. The van der Waals surface area contributed by atoms with E-state index in [1.807, 2.05) is 0 Å². The second-order valence-corrected chi connectivity index (χ2v) is 5.65. The van der Waals surface area contributed by atoms with Gasteiger partial charge in [0.1, 0.15) is 10.7 Å². The Hall–Kier alpha value is -1.44. The van der Waals surface area contributed by atoms with Crippen molar-refractivity contribution < 1.29 is 12.8 Å². The van der Waals surface area contributed by atoms with Crippen molar-refractivity contribution in [1.29, 1.82) is 0 Å². The van der Waals surface area contributed by atoms with E-state index < -0.39 is 15.8 Å². The maximum Gasteiger partial charge on any atom is 0.242 e. The molecule has 1 aromatic carbocycles. The van der Waals surface area contributed by atoms with E-state index in [1.165, 1.54) is 12.3 Å². The first-order valence-electron chi connectivity index (χ1n) is 4.91. The van der Waals surface area contributed by atoms with Gasteiger partial charge in [0.2, 0.25) is 10.0 Å². The molecule has 0 bridgehead atoms. The van der Waals surface area contributed by atoms with E-state index in [2.05, 4.69) is 14.9 Å². The molecule has 0 saturated heterocycles. The largest absolute Gasteiger partial charge is 0.285 e. The fourth-order valence-corrected chi connectivity index (χ4v) is 2.84. The number of sulfonamides is 1. The molecule has 18 heavy (non-hydrogen) atoms. The van der Waals surface area contributed by atoms with Crippen LogP contribution in [-0.4, -0.2) is 18.6 Å². The molecule has 96 valence electrons. The molecule has 8 heteroatoms. The minimum atomic E-state index is -3.85. The Bertz CT molecular complexity index is 643. The van der Waals surface area contributed by atoms with Crippen molar-refractivity contribution in [3.63, 3.8) is 0 Å². The first-order valence-corrected chi connectivity index (χ1v) is 6.77. The number of rotatable bonds is 4. The van der Waals surface area contributed by atoms with Crippen LogP contribution in [0.4, 0.5) is 4.39 Å². The number of halogens is 2. The summed E-state index contributed by atoms with van der Waals surface area (Å²) in [4.78, 5) is -0.285. The summed E-state index contributed by atoms with van der Waals surface area (Å²) in [5, 5.41) is 6.21. The number of nitrogens with zero attached hydrogens (tertiary/aromatic N) is 1. The summed E-state index contributed by atoms with van der Waals surface area (Å²) in [5.74, 6) is -0.664. The Morgan fingerprint density at radius 3 is 2.89 bits per heavy atom. The zero-order valence-corrected chi connectivity index (χ0v) is 10.6. The van der Waals surface area contributed by atoms with Gasteiger partial charge in [0, 0.05) is 18.3 Å². The van der Waals surface area contributed by atoms with E-state index in [4.69, 9.17) is 11.6 Å². The molecule has 0 aliphatic carbocycles. The molecule has 0 radical (unpaired) electrons. The molecule has 0 fully saturated rings. The molecule has 0 aliphatic heterocycles. The predicted octanol–water partition coefficient (Wildman–Crippen LogP) is 1.68. The molecular formula is C10H9ClFN3O2S. The zero-order valence-electron chi connectivity index (χ0n) is 9.02. The number of aromatic nitrogens is 2. The van der Waals surface area contributed by atoms with Crippen molar-refractivity contribution in [2.24, 2.45) is 0 Å². The van der Waals surface area contributed by atoms with Crippen molar-refractivity contribution in [1.82, 2.24) is 14.9 Å². The number of hydrogen-bond donors (Lipinski definition) is 2. The van der Waals surface area contributed by atoms with E-state index in [9.17, 15) is 12.8 Å². The van der Waals surface area contributed by atoms with Crippen molar-refractivity contribution in [3.05, 3.63) is 47.0 Å². The third-order valence-electron chi connectivity index (χ3n) is 2.20. The third kappa shape index (κ3) is 2.87. The molecule has 2 N–H and O–H groups in total. The Kier molecular flexibility index (Phi) is 3.65. The molecule has 0 unspecified atom stereocenters. The molecule has 0 spiro atoms. The minimum Gasteiger partial charge on any atom is -0.285 e. The highest BCUT2D eigenvalue weighted by atomic mass is 35.5. The van der Waals surface area contributed by atoms with Crippen LogP contribution < -0.4 is 4.72 Å². The van der Waals surface area contributed by atoms with Gasteiger partial charge in [0.05, 0.1) is 11.2 Å². The number of benzene rings is 1. The van der Waals surface area contributed by atoms with Crippen LogP contribution in [0.5, 0.6) is 0 Å². The monoisotopic (exact) mass is 289 g/mol. The van der Waals surface area contributed by atoms with Crippen LogP contribution in [0, 0.1) is 5.82 Å². The van der Waals surface area contributed by atoms with Crippen LogP contribution in [0.25, 0.3) is 0 Å². The summed E-state index contributed by atoms with van der Waals surface area (Å²) in [6.07, 6.45) is 3.03. The van der Waals surface area contributed by atoms with Crippen LogP contribution in [0.2, 0.25) is 5.02 Å². The summed E-state index contributed by atoms with van der Waals surface area (Å²) < 4.78 is 39.1. The van der Waals surface area contributed by atoms with Gasteiger partial charge in [-0.1, -0.05) is 11.6 Å². The van der Waals surface area contributed by atoms with E-state index in [0.717, 1.165) is 12.1 Å². The van der Waals surface area contributed by atoms with E-state index >= 15 is 0 Å². The number of aromatic amines is 1. The molecule has 1 heterocycles. The van der Waals surface area contributed by atoms with Gasteiger partial charge in [-0.05, 0) is 18.2 Å². The second-order valence-electron chi connectivity index (χ2n) is 3.51. The van der Waals surface area contributed by atoms with Gasteiger partial charge in [-0.25, -0.2) is 17.5 Å². The quantitative estimate of drug-likeness (QED) is 0.899. The van der Waals surface area contributed by atoms with E-state index in [0.29, 0.717) is 5.56 Å². The summed E-state index contributed by atoms with van der Waals surface area (Å²) in [6.45, 7) is 0.0473. The standard InChI is InChI=1S/C10H9ClFN3O2S/c11-9-2-1-8(12)3-10(9)18(16,17)15-6-7-4-13-14-5-7/h1-5,15H,6H2,(H,13,14). The summed E-state index contributed by atoms with van der Waals surface area (Å²) in [5.41, 5.74) is 0.658. The normalized spacial score (nSPS) is 11.7. The first kappa shape index (κ1) is 13.0. The summed E-state index contributed by atoms with van der Waals surface area (Å²) >= 11 is 5.74. The highest BCUT2D eigenvalue weighted by Crippen LogP contribution is 2.22. The van der Waals surface area contributed by atoms with Crippen LogP contribution >= 0.6 is 11.6 Å². The average molecular weight is 290 g/mol. The molecule has 5 nitrogen and oxygen atoms in total. The topological polar surface area (TPSA) is 74.8 Å². The van der Waals surface area contributed by atoms with Crippen LogP contribution in [0.3, 0.4) is 0 Å². The number of hydrogen-bond acceptors (Lipinski definition) is 3. The highest BCUT2D eigenvalue weighted by Gasteiger charge is 2.18.